The second-order valence-electron chi connectivity index (χ2n) is 7.00. The molecule has 1 saturated heterocycles. The summed E-state index contributed by atoms with van der Waals surface area (Å²) in [4.78, 5) is 11.7. The van der Waals surface area contributed by atoms with Crippen LogP contribution in [0.1, 0.15) is 18.1 Å². The third kappa shape index (κ3) is 5.85. The summed E-state index contributed by atoms with van der Waals surface area (Å²) in [5.74, 6) is -0.324. The van der Waals surface area contributed by atoms with Crippen LogP contribution in [0.4, 0.5) is 0 Å². The van der Waals surface area contributed by atoms with Crippen molar-refractivity contribution in [2.24, 2.45) is 0 Å². The van der Waals surface area contributed by atoms with E-state index in [0.29, 0.717) is 0 Å². The lowest BCUT2D eigenvalue weighted by atomic mass is 9.96. The highest BCUT2D eigenvalue weighted by atomic mass is 16.6. The molecule has 1 aliphatic rings. The van der Waals surface area contributed by atoms with Crippen LogP contribution in [-0.2, 0) is 32.2 Å². The van der Waals surface area contributed by atoms with E-state index in [0.717, 1.165) is 11.1 Å². The predicted octanol–water partition coefficient (Wildman–Crippen LogP) is 1.37. The molecule has 0 aromatic heterocycles. The van der Waals surface area contributed by atoms with Crippen LogP contribution in [0.25, 0.3) is 0 Å². The Bertz CT molecular complexity index is 756. The molecule has 0 saturated carbocycles. The fraction of sp³-hybridized carbons (Fsp3) is 0.409. The Morgan fingerprint density at radius 1 is 0.966 bits per heavy atom. The van der Waals surface area contributed by atoms with Crippen molar-refractivity contribution in [3.63, 3.8) is 0 Å². The number of carbonyl (C=O) groups excluding carboxylic acids is 1. The highest BCUT2D eigenvalue weighted by molar-refractivity contribution is 5.73. The van der Waals surface area contributed by atoms with Crippen LogP contribution >= 0.6 is 0 Å². The van der Waals surface area contributed by atoms with E-state index < -0.39 is 30.6 Å². The molecule has 0 radical (unpaired) electrons. The van der Waals surface area contributed by atoms with E-state index in [1.54, 1.807) is 0 Å². The van der Waals surface area contributed by atoms with E-state index in [9.17, 15) is 15.0 Å². The van der Waals surface area contributed by atoms with Gasteiger partial charge in [0.2, 0.25) is 5.91 Å². The molecule has 7 nitrogen and oxygen atoms in total. The first kappa shape index (κ1) is 21.4. The van der Waals surface area contributed by atoms with Crippen molar-refractivity contribution in [3.05, 3.63) is 71.8 Å². The number of hydrogen-bond donors (Lipinski definition) is 3. The largest absolute Gasteiger partial charge is 0.394 e. The molecule has 3 rings (SSSR count). The minimum absolute atomic E-state index is 0.262. The van der Waals surface area contributed by atoms with E-state index in [4.69, 9.17) is 14.2 Å². The van der Waals surface area contributed by atoms with Crippen LogP contribution in [-0.4, -0.2) is 53.4 Å². The Morgan fingerprint density at radius 3 is 1.97 bits per heavy atom. The van der Waals surface area contributed by atoms with Crippen molar-refractivity contribution < 1.29 is 29.2 Å². The molecule has 29 heavy (non-hydrogen) atoms. The van der Waals surface area contributed by atoms with Gasteiger partial charge in [-0.3, -0.25) is 4.79 Å². The standard InChI is InChI=1S/C22H27NO6/c1-15(25)23-19-21(28-14-17-10-6-3-7-11-17)20(18(12-24)29-22(19)26)27-13-16-8-4-2-5-9-16/h2-11,18-22,24,26H,12-14H2,1H3,(H,23,25)/t18-,19-,20+,21-,22+/m1/s1. The average molecular weight is 401 g/mol. The Kier molecular flexibility index (Phi) is 7.74. The lowest BCUT2D eigenvalue weighted by molar-refractivity contribution is -0.275. The Labute approximate surface area is 170 Å². The minimum atomic E-state index is -1.33. The van der Waals surface area contributed by atoms with Gasteiger partial charge in [0.1, 0.15) is 24.4 Å². The number of aliphatic hydroxyl groups excluding tert-OH is 2. The van der Waals surface area contributed by atoms with Crippen molar-refractivity contribution in [1.29, 1.82) is 0 Å². The summed E-state index contributed by atoms with van der Waals surface area (Å²) in [5, 5.41) is 22.9. The van der Waals surface area contributed by atoms with Gasteiger partial charge in [-0.2, -0.15) is 0 Å². The van der Waals surface area contributed by atoms with Gasteiger partial charge in [0.15, 0.2) is 6.29 Å². The van der Waals surface area contributed by atoms with Crippen molar-refractivity contribution in [2.75, 3.05) is 6.61 Å². The van der Waals surface area contributed by atoms with Crippen molar-refractivity contribution >= 4 is 5.91 Å². The van der Waals surface area contributed by atoms with E-state index in [2.05, 4.69) is 5.32 Å². The molecule has 156 valence electrons. The molecule has 0 bridgehead atoms. The number of hydrogen-bond acceptors (Lipinski definition) is 6. The molecule has 3 N–H and O–H groups in total. The zero-order valence-corrected chi connectivity index (χ0v) is 16.3. The van der Waals surface area contributed by atoms with E-state index >= 15 is 0 Å². The molecule has 2 aromatic rings. The third-order valence-electron chi connectivity index (χ3n) is 4.79. The van der Waals surface area contributed by atoms with Gasteiger partial charge in [0.05, 0.1) is 19.8 Å². The Balaban J connectivity index is 1.80. The fourth-order valence-corrected chi connectivity index (χ4v) is 3.39. The first-order valence-corrected chi connectivity index (χ1v) is 9.61. The molecule has 0 spiro atoms. The zero-order chi connectivity index (χ0) is 20.6. The summed E-state index contributed by atoms with van der Waals surface area (Å²) in [5.41, 5.74) is 1.89. The minimum Gasteiger partial charge on any atom is -0.394 e. The summed E-state index contributed by atoms with van der Waals surface area (Å²) in [6.07, 6.45) is -3.53. The highest BCUT2D eigenvalue weighted by Gasteiger charge is 2.47. The first-order valence-electron chi connectivity index (χ1n) is 9.61. The number of rotatable bonds is 8. The van der Waals surface area contributed by atoms with Crippen LogP contribution in [0.3, 0.4) is 0 Å². The summed E-state index contributed by atoms with van der Waals surface area (Å²) >= 11 is 0. The fourth-order valence-electron chi connectivity index (χ4n) is 3.39. The maximum Gasteiger partial charge on any atom is 0.217 e. The average Bonchev–Trinajstić information content (AvgIpc) is 2.74. The maximum absolute atomic E-state index is 11.7. The van der Waals surface area contributed by atoms with Gasteiger partial charge in [0, 0.05) is 6.92 Å². The van der Waals surface area contributed by atoms with Crippen LogP contribution in [0.5, 0.6) is 0 Å². The SMILES string of the molecule is CC(=O)N[C@@H]1[C@@H](OCc2ccccc2)[C@@H](OCc2ccccc2)[C@@H](CO)O[C@@H]1O. The molecule has 2 aromatic carbocycles. The lowest BCUT2D eigenvalue weighted by Gasteiger charge is -2.44. The van der Waals surface area contributed by atoms with Gasteiger partial charge in [-0.1, -0.05) is 60.7 Å². The number of benzene rings is 2. The molecule has 0 aliphatic carbocycles. The molecule has 1 aliphatic heterocycles. The third-order valence-corrected chi connectivity index (χ3v) is 4.79. The van der Waals surface area contributed by atoms with Gasteiger partial charge in [-0.15, -0.1) is 0 Å². The Morgan fingerprint density at radius 2 is 1.48 bits per heavy atom. The van der Waals surface area contributed by atoms with E-state index in [1.807, 2.05) is 60.7 Å². The molecule has 7 heteroatoms. The van der Waals surface area contributed by atoms with Gasteiger partial charge in [-0.25, -0.2) is 0 Å². The van der Waals surface area contributed by atoms with Crippen molar-refractivity contribution in [2.45, 2.75) is 50.8 Å². The number of aliphatic hydroxyl groups is 2. The molecule has 1 fully saturated rings. The van der Waals surface area contributed by atoms with Crippen molar-refractivity contribution in [1.82, 2.24) is 5.32 Å². The van der Waals surface area contributed by atoms with Crippen LogP contribution in [0, 0.1) is 0 Å². The normalized spacial score (nSPS) is 26.8. The lowest BCUT2D eigenvalue weighted by Crippen LogP contribution is -2.65. The molecule has 1 amide bonds. The Hall–Kier alpha value is -2.29. The van der Waals surface area contributed by atoms with Crippen molar-refractivity contribution in [3.8, 4) is 0 Å². The molecule has 0 unspecified atom stereocenters. The van der Waals surface area contributed by atoms with Gasteiger partial charge in [0.25, 0.3) is 0 Å². The van der Waals surface area contributed by atoms with Crippen LogP contribution in [0.2, 0.25) is 0 Å². The monoisotopic (exact) mass is 401 g/mol. The number of nitrogens with one attached hydrogen (secondary N) is 1. The second-order valence-corrected chi connectivity index (χ2v) is 7.00. The number of carbonyl (C=O) groups is 1. The smallest absolute Gasteiger partial charge is 0.217 e. The summed E-state index contributed by atoms with van der Waals surface area (Å²) in [7, 11) is 0. The topological polar surface area (TPSA) is 97.3 Å². The summed E-state index contributed by atoms with van der Waals surface area (Å²) in [6, 6.07) is 18.3. The van der Waals surface area contributed by atoms with Crippen LogP contribution in [0.15, 0.2) is 60.7 Å². The van der Waals surface area contributed by atoms with E-state index in [1.165, 1.54) is 6.92 Å². The van der Waals surface area contributed by atoms with E-state index in [-0.39, 0.29) is 25.7 Å². The zero-order valence-electron chi connectivity index (χ0n) is 16.3. The quantitative estimate of drug-likeness (QED) is 0.618. The summed E-state index contributed by atoms with van der Waals surface area (Å²) < 4.78 is 17.7. The molecular weight excluding hydrogens is 374 g/mol. The number of ether oxygens (including phenoxy) is 3. The predicted molar refractivity (Wildman–Crippen MR) is 106 cm³/mol. The first-order chi connectivity index (χ1) is 14.1. The maximum atomic E-state index is 11.7. The highest BCUT2D eigenvalue weighted by Crippen LogP contribution is 2.27. The second kappa shape index (κ2) is 10.5. The van der Waals surface area contributed by atoms with Crippen LogP contribution < -0.4 is 5.32 Å². The molecule has 1 heterocycles. The van der Waals surface area contributed by atoms with Gasteiger partial charge < -0.3 is 29.7 Å². The van der Waals surface area contributed by atoms with Gasteiger partial charge in [-0.05, 0) is 11.1 Å². The molecule has 5 atom stereocenters. The summed E-state index contributed by atoms with van der Waals surface area (Å²) in [6.45, 7) is 1.55. The van der Waals surface area contributed by atoms with Gasteiger partial charge >= 0.3 is 0 Å². The number of amides is 1. The molecular formula is C22H27NO6.